The molecule has 3 aliphatic carbocycles. The Morgan fingerprint density at radius 1 is 1.13 bits per heavy atom. The van der Waals surface area contributed by atoms with E-state index in [4.69, 9.17) is 14.2 Å². The fourth-order valence-corrected chi connectivity index (χ4v) is 4.87. The van der Waals surface area contributed by atoms with E-state index >= 15 is 0 Å². The summed E-state index contributed by atoms with van der Waals surface area (Å²) < 4.78 is 19.7. The van der Waals surface area contributed by atoms with Crippen molar-refractivity contribution >= 4 is 27.7 Å². The van der Waals surface area contributed by atoms with E-state index in [0.717, 1.165) is 5.52 Å². The van der Waals surface area contributed by atoms with Gasteiger partial charge in [0.15, 0.2) is 6.61 Å². The minimum atomic E-state index is -0.102. The Labute approximate surface area is 180 Å². The van der Waals surface area contributed by atoms with Gasteiger partial charge in [-0.2, -0.15) is 5.10 Å². The third-order valence-corrected chi connectivity index (χ3v) is 7.01. The van der Waals surface area contributed by atoms with Gasteiger partial charge in [-0.25, -0.2) is 14.0 Å². The summed E-state index contributed by atoms with van der Waals surface area (Å²) in [4.78, 5) is 17.6. The predicted octanol–water partition coefficient (Wildman–Crippen LogP) is 2.03. The van der Waals surface area contributed by atoms with Crippen LogP contribution in [0, 0.1) is 11.8 Å². The molecule has 0 aromatic carbocycles. The quantitative estimate of drug-likeness (QED) is 0.469. The number of ether oxygens (including phenoxy) is 3. The lowest BCUT2D eigenvalue weighted by Gasteiger charge is -2.58. The minimum absolute atomic E-state index is 0.0524. The number of carbonyl (C=O) groups excluding carboxylic acids is 1. The van der Waals surface area contributed by atoms with Crippen LogP contribution in [0.2, 0.25) is 0 Å². The van der Waals surface area contributed by atoms with Crippen LogP contribution in [-0.4, -0.2) is 57.0 Å². The smallest absolute Gasteiger partial charge is 0.294 e. The van der Waals surface area contributed by atoms with Gasteiger partial charge in [0.1, 0.15) is 28.4 Å². The van der Waals surface area contributed by atoms with E-state index in [2.05, 4.69) is 20.5 Å². The Kier molecular flexibility index (Phi) is 4.07. The first-order valence-corrected chi connectivity index (χ1v) is 10.8. The molecule has 3 fully saturated rings. The number of methoxy groups -OCH3 is 2. The summed E-state index contributed by atoms with van der Waals surface area (Å²) in [6, 6.07) is 3.97. The summed E-state index contributed by atoms with van der Waals surface area (Å²) >= 11 is 1.35. The van der Waals surface area contributed by atoms with E-state index in [1.807, 2.05) is 6.07 Å². The first-order valence-electron chi connectivity index (χ1n) is 10.0. The van der Waals surface area contributed by atoms with Crippen LogP contribution < -0.4 is 19.5 Å². The van der Waals surface area contributed by atoms with Gasteiger partial charge in [-0.3, -0.25) is 4.79 Å². The average molecular weight is 440 g/mol. The molecule has 0 saturated heterocycles. The highest BCUT2D eigenvalue weighted by Gasteiger charge is 2.52. The number of carbonyl (C=O) groups is 1. The minimum Gasteiger partial charge on any atom is -0.495 e. The molecule has 0 atom stereocenters. The van der Waals surface area contributed by atoms with Crippen molar-refractivity contribution in [1.82, 2.24) is 29.5 Å². The largest absolute Gasteiger partial charge is 0.495 e. The van der Waals surface area contributed by atoms with Crippen LogP contribution in [0.4, 0.5) is 0 Å². The summed E-state index contributed by atoms with van der Waals surface area (Å²) in [5, 5.41) is 12.5. The van der Waals surface area contributed by atoms with E-state index < -0.39 is 0 Å². The Hall–Kier alpha value is -3.34. The Balaban J connectivity index is 1.26. The number of fused-ring (bicyclic) bond motifs is 2. The van der Waals surface area contributed by atoms with Crippen LogP contribution in [-0.2, 0) is 4.79 Å². The maximum atomic E-state index is 12.3. The lowest BCUT2D eigenvalue weighted by Crippen LogP contribution is -2.64. The third-order valence-electron chi connectivity index (χ3n) is 6.12. The van der Waals surface area contributed by atoms with Gasteiger partial charge in [-0.05, 0) is 42.1 Å². The number of nitrogens with one attached hydrogen (secondary N) is 1. The van der Waals surface area contributed by atoms with Crippen molar-refractivity contribution < 1.29 is 19.0 Å². The van der Waals surface area contributed by atoms with E-state index in [9.17, 15) is 4.79 Å². The van der Waals surface area contributed by atoms with Gasteiger partial charge in [-0.1, -0.05) is 0 Å². The van der Waals surface area contributed by atoms with Gasteiger partial charge >= 0.3 is 0 Å². The average Bonchev–Trinajstić information content (AvgIpc) is 3.40. The van der Waals surface area contributed by atoms with Crippen LogP contribution in [0.5, 0.6) is 16.7 Å². The van der Waals surface area contributed by atoms with Gasteiger partial charge in [0.05, 0.1) is 26.6 Å². The molecule has 0 aliphatic heterocycles. The number of pyridine rings is 1. The second-order valence-electron chi connectivity index (χ2n) is 7.90. The zero-order valence-electron chi connectivity index (χ0n) is 16.9. The molecule has 10 nitrogen and oxygen atoms in total. The number of nitrogens with zero attached hydrogens (tertiary/aromatic N) is 5. The number of amides is 1. The molecule has 0 spiro atoms. The number of aromatic nitrogens is 5. The van der Waals surface area contributed by atoms with E-state index in [1.165, 1.54) is 24.2 Å². The van der Waals surface area contributed by atoms with Crippen molar-refractivity contribution in [3.63, 3.8) is 0 Å². The second-order valence-corrected chi connectivity index (χ2v) is 8.82. The van der Waals surface area contributed by atoms with E-state index in [-0.39, 0.29) is 12.5 Å². The van der Waals surface area contributed by atoms with Gasteiger partial charge in [0.25, 0.3) is 11.1 Å². The van der Waals surface area contributed by atoms with Crippen molar-refractivity contribution in [3.8, 4) is 28.1 Å². The zero-order valence-corrected chi connectivity index (χ0v) is 17.8. The highest BCUT2D eigenvalue weighted by atomic mass is 32.1. The molecule has 1 amide bonds. The maximum Gasteiger partial charge on any atom is 0.294 e. The summed E-state index contributed by atoms with van der Waals surface area (Å²) in [5.74, 6) is 2.32. The van der Waals surface area contributed by atoms with Crippen molar-refractivity contribution in [1.29, 1.82) is 0 Å². The third kappa shape index (κ3) is 2.99. The summed E-state index contributed by atoms with van der Waals surface area (Å²) in [7, 11) is 3.15. The van der Waals surface area contributed by atoms with Gasteiger partial charge in [0.2, 0.25) is 4.96 Å². The first-order chi connectivity index (χ1) is 15.1. The van der Waals surface area contributed by atoms with Gasteiger partial charge < -0.3 is 19.5 Å². The van der Waals surface area contributed by atoms with Crippen molar-refractivity contribution in [2.45, 2.75) is 18.9 Å². The molecule has 160 valence electrons. The summed E-state index contributed by atoms with van der Waals surface area (Å²) in [6.07, 6.45) is 6.04. The highest BCUT2D eigenvalue weighted by molar-refractivity contribution is 7.18. The van der Waals surface area contributed by atoms with Crippen LogP contribution in [0.15, 0.2) is 24.5 Å². The van der Waals surface area contributed by atoms with E-state index in [1.54, 1.807) is 41.7 Å². The molecule has 31 heavy (non-hydrogen) atoms. The maximum absolute atomic E-state index is 12.3. The number of hydrogen-bond donors (Lipinski definition) is 1. The monoisotopic (exact) mass is 440 g/mol. The van der Waals surface area contributed by atoms with Crippen molar-refractivity contribution in [2.24, 2.45) is 11.8 Å². The van der Waals surface area contributed by atoms with Crippen LogP contribution >= 0.6 is 11.3 Å². The normalized spacial score (nSPS) is 21.5. The molecule has 3 saturated carbocycles. The molecule has 4 aromatic rings. The predicted molar refractivity (Wildman–Crippen MR) is 112 cm³/mol. The first kappa shape index (κ1) is 18.4. The van der Waals surface area contributed by atoms with Crippen molar-refractivity contribution in [3.05, 3.63) is 24.5 Å². The highest BCUT2D eigenvalue weighted by Crippen LogP contribution is 2.53. The molecule has 4 aromatic heterocycles. The van der Waals surface area contributed by atoms with Crippen LogP contribution in [0.25, 0.3) is 21.9 Å². The van der Waals surface area contributed by atoms with Crippen LogP contribution in [0.1, 0.15) is 12.8 Å². The number of rotatable bonds is 7. The number of imidazole rings is 1. The lowest BCUT2D eigenvalue weighted by molar-refractivity contribution is -0.131. The molecular formula is C20H20N6O4S. The molecule has 2 bridgehead atoms. The molecule has 1 N–H and O–H groups in total. The Morgan fingerprint density at radius 2 is 1.97 bits per heavy atom. The van der Waals surface area contributed by atoms with E-state index in [0.29, 0.717) is 50.9 Å². The Bertz CT molecular complexity index is 1260. The SMILES string of the molecule is COc1cc(OCC(=O)NC2C3CC2C3)c2cc(-c3cn4nc(OC)sc4n3)nn2c1. The van der Waals surface area contributed by atoms with Crippen LogP contribution in [0.3, 0.4) is 0 Å². The van der Waals surface area contributed by atoms with Gasteiger partial charge in [0, 0.05) is 12.1 Å². The molecule has 11 heteroatoms. The molecule has 4 heterocycles. The summed E-state index contributed by atoms with van der Waals surface area (Å²) in [5.41, 5.74) is 2.06. The Morgan fingerprint density at radius 3 is 2.65 bits per heavy atom. The molecule has 0 unspecified atom stereocenters. The number of hydrogen-bond acceptors (Lipinski definition) is 8. The zero-order chi connectivity index (χ0) is 21.1. The fraction of sp³-hybridized carbons (Fsp3) is 0.400. The standard InChI is InChI=1S/C20H20N6O4S/c1-28-12-5-16(30-9-17(27)22-18-10-3-11(18)4-10)15-6-13(23-25(15)7-12)14-8-26-19(21-14)31-20(24-26)29-2/h5-8,10-11,18H,3-4,9H2,1-2H3,(H,22,27). The molecular weight excluding hydrogens is 420 g/mol. The molecule has 3 aliphatic rings. The molecule has 7 rings (SSSR count). The fourth-order valence-electron chi connectivity index (χ4n) is 4.17. The second kappa shape index (κ2) is 6.84. The van der Waals surface area contributed by atoms with Crippen molar-refractivity contribution in [2.75, 3.05) is 20.8 Å². The topological polar surface area (TPSA) is 104 Å². The van der Waals surface area contributed by atoms with Gasteiger partial charge in [-0.15, -0.1) is 5.10 Å². The lowest BCUT2D eigenvalue weighted by atomic mass is 9.52. The molecule has 0 radical (unpaired) electrons. The summed E-state index contributed by atoms with van der Waals surface area (Å²) in [6.45, 7) is -0.0524.